The minimum atomic E-state index is -0.433. The van der Waals surface area contributed by atoms with Gasteiger partial charge in [0.2, 0.25) is 0 Å². The standard InChI is InChI=1S/C17H19NO/c19-17(12-13-8-10-18-11-9-13)16-6-4-15(5-7-16)14-2-1-3-14/h4-11,14,17,19H,1-3,12H2. The highest BCUT2D eigenvalue weighted by molar-refractivity contribution is 5.28. The molecule has 0 aliphatic heterocycles. The SMILES string of the molecule is OC(Cc1ccncc1)c1ccc(C2CCC2)cc1. The fourth-order valence-electron chi connectivity index (χ4n) is 2.59. The highest BCUT2D eigenvalue weighted by atomic mass is 16.3. The molecule has 1 heterocycles. The second-order valence-electron chi connectivity index (χ2n) is 5.37. The van der Waals surface area contributed by atoms with Crippen LogP contribution in [0.5, 0.6) is 0 Å². The van der Waals surface area contributed by atoms with Crippen LogP contribution in [0.15, 0.2) is 48.8 Å². The second kappa shape index (κ2) is 5.54. The van der Waals surface area contributed by atoms with Crippen LogP contribution in [0.3, 0.4) is 0 Å². The molecule has 1 N–H and O–H groups in total. The van der Waals surface area contributed by atoms with Gasteiger partial charge in [-0.3, -0.25) is 4.98 Å². The summed E-state index contributed by atoms with van der Waals surface area (Å²) in [7, 11) is 0. The van der Waals surface area contributed by atoms with Crippen LogP contribution in [0.25, 0.3) is 0 Å². The van der Waals surface area contributed by atoms with Crippen molar-refractivity contribution in [2.24, 2.45) is 0 Å². The number of aliphatic hydroxyl groups excluding tert-OH is 1. The molecule has 19 heavy (non-hydrogen) atoms. The maximum Gasteiger partial charge on any atom is 0.0830 e. The van der Waals surface area contributed by atoms with Gasteiger partial charge in [0.15, 0.2) is 0 Å². The molecular formula is C17H19NO. The quantitative estimate of drug-likeness (QED) is 0.902. The maximum atomic E-state index is 10.3. The van der Waals surface area contributed by atoms with Gasteiger partial charge in [-0.2, -0.15) is 0 Å². The molecule has 1 atom stereocenters. The van der Waals surface area contributed by atoms with Gasteiger partial charge in [0.25, 0.3) is 0 Å². The molecule has 1 saturated carbocycles. The van der Waals surface area contributed by atoms with Gasteiger partial charge in [0.05, 0.1) is 6.10 Å². The monoisotopic (exact) mass is 253 g/mol. The average molecular weight is 253 g/mol. The van der Waals surface area contributed by atoms with E-state index < -0.39 is 6.10 Å². The van der Waals surface area contributed by atoms with E-state index in [-0.39, 0.29) is 0 Å². The van der Waals surface area contributed by atoms with Crippen LogP contribution in [-0.2, 0) is 6.42 Å². The number of pyridine rings is 1. The van der Waals surface area contributed by atoms with Gasteiger partial charge in [-0.15, -0.1) is 0 Å². The van der Waals surface area contributed by atoms with Crippen molar-refractivity contribution in [1.82, 2.24) is 4.98 Å². The Kier molecular flexibility index (Phi) is 3.60. The van der Waals surface area contributed by atoms with E-state index in [2.05, 4.69) is 29.2 Å². The smallest absolute Gasteiger partial charge is 0.0830 e. The lowest BCUT2D eigenvalue weighted by Crippen LogP contribution is -2.09. The Morgan fingerprint density at radius 2 is 1.74 bits per heavy atom. The highest BCUT2D eigenvalue weighted by Crippen LogP contribution is 2.36. The van der Waals surface area contributed by atoms with Gasteiger partial charge >= 0.3 is 0 Å². The van der Waals surface area contributed by atoms with Gasteiger partial charge in [0, 0.05) is 18.8 Å². The van der Waals surface area contributed by atoms with Crippen molar-refractivity contribution in [3.63, 3.8) is 0 Å². The molecule has 1 aromatic heterocycles. The zero-order valence-electron chi connectivity index (χ0n) is 11.0. The van der Waals surface area contributed by atoms with E-state index in [0.29, 0.717) is 6.42 Å². The van der Waals surface area contributed by atoms with E-state index in [0.717, 1.165) is 17.0 Å². The van der Waals surface area contributed by atoms with Crippen molar-refractivity contribution in [2.45, 2.75) is 37.7 Å². The summed E-state index contributed by atoms with van der Waals surface area (Å²) in [6.45, 7) is 0. The molecule has 2 aromatic rings. The summed E-state index contributed by atoms with van der Waals surface area (Å²) in [6.07, 6.45) is 7.74. The summed E-state index contributed by atoms with van der Waals surface area (Å²) in [5, 5.41) is 10.3. The number of aromatic nitrogens is 1. The zero-order chi connectivity index (χ0) is 13.1. The van der Waals surface area contributed by atoms with Crippen LogP contribution in [0.4, 0.5) is 0 Å². The Bertz CT molecular complexity index is 517. The number of rotatable bonds is 4. The predicted molar refractivity (Wildman–Crippen MR) is 75.9 cm³/mol. The van der Waals surface area contributed by atoms with Crippen molar-refractivity contribution in [2.75, 3.05) is 0 Å². The van der Waals surface area contributed by atoms with E-state index in [1.165, 1.54) is 24.8 Å². The fraction of sp³-hybridized carbons (Fsp3) is 0.353. The van der Waals surface area contributed by atoms with Gasteiger partial charge in [0.1, 0.15) is 0 Å². The van der Waals surface area contributed by atoms with Crippen molar-refractivity contribution in [1.29, 1.82) is 0 Å². The van der Waals surface area contributed by atoms with E-state index in [9.17, 15) is 5.11 Å². The Balaban J connectivity index is 1.67. The molecule has 0 amide bonds. The van der Waals surface area contributed by atoms with Crippen LogP contribution in [0, 0.1) is 0 Å². The lowest BCUT2D eigenvalue weighted by molar-refractivity contribution is 0.178. The highest BCUT2D eigenvalue weighted by Gasteiger charge is 2.19. The second-order valence-corrected chi connectivity index (χ2v) is 5.37. The van der Waals surface area contributed by atoms with Crippen LogP contribution in [0.2, 0.25) is 0 Å². The van der Waals surface area contributed by atoms with Crippen molar-refractivity contribution in [3.8, 4) is 0 Å². The van der Waals surface area contributed by atoms with E-state index in [1.807, 2.05) is 12.1 Å². The molecule has 1 aromatic carbocycles. The lowest BCUT2D eigenvalue weighted by Gasteiger charge is -2.26. The molecule has 1 unspecified atom stereocenters. The summed E-state index contributed by atoms with van der Waals surface area (Å²) in [5.41, 5.74) is 3.54. The zero-order valence-corrected chi connectivity index (χ0v) is 11.0. The first-order valence-electron chi connectivity index (χ1n) is 7.00. The lowest BCUT2D eigenvalue weighted by atomic mass is 9.80. The molecule has 2 nitrogen and oxygen atoms in total. The Morgan fingerprint density at radius 1 is 1.05 bits per heavy atom. The Morgan fingerprint density at radius 3 is 2.32 bits per heavy atom. The number of benzene rings is 1. The van der Waals surface area contributed by atoms with Crippen molar-refractivity contribution < 1.29 is 5.11 Å². The summed E-state index contributed by atoms with van der Waals surface area (Å²) >= 11 is 0. The summed E-state index contributed by atoms with van der Waals surface area (Å²) in [6, 6.07) is 12.4. The van der Waals surface area contributed by atoms with Gasteiger partial charge in [-0.05, 0) is 47.6 Å². The normalized spacial score (nSPS) is 16.9. The predicted octanol–water partition coefficient (Wildman–Crippen LogP) is 3.63. The van der Waals surface area contributed by atoms with Crippen LogP contribution in [0.1, 0.15) is 48.0 Å². The molecule has 0 radical (unpaired) electrons. The Labute approximate surface area is 114 Å². The van der Waals surface area contributed by atoms with Crippen LogP contribution >= 0.6 is 0 Å². The first-order valence-corrected chi connectivity index (χ1v) is 7.00. The number of hydrogen-bond acceptors (Lipinski definition) is 2. The molecular weight excluding hydrogens is 234 g/mol. The van der Waals surface area contributed by atoms with E-state index in [1.54, 1.807) is 12.4 Å². The minimum Gasteiger partial charge on any atom is -0.388 e. The van der Waals surface area contributed by atoms with Crippen LogP contribution < -0.4 is 0 Å². The number of hydrogen-bond donors (Lipinski definition) is 1. The Hall–Kier alpha value is -1.67. The number of aliphatic hydroxyl groups is 1. The third-order valence-electron chi connectivity index (χ3n) is 4.08. The molecule has 2 heteroatoms. The number of nitrogens with zero attached hydrogens (tertiary/aromatic N) is 1. The molecule has 0 spiro atoms. The van der Waals surface area contributed by atoms with Crippen molar-refractivity contribution in [3.05, 3.63) is 65.5 Å². The van der Waals surface area contributed by atoms with Crippen molar-refractivity contribution >= 4 is 0 Å². The average Bonchev–Trinajstić information content (AvgIpc) is 2.39. The minimum absolute atomic E-state index is 0.433. The fourth-order valence-corrected chi connectivity index (χ4v) is 2.59. The largest absolute Gasteiger partial charge is 0.388 e. The molecule has 3 rings (SSSR count). The van der Waals surface area contributed by atoms with Gasteiger partial charge in [-0.25, -0.2) is 0 Å². The van der Waals surface area contributed by atoms with Gasteiger partial charge < -0.3 is 5.11 Å². The summed E-state index contributed by atoms with van der Waals surface area (Å²) < 4.78 is 0. The molecule has 1 aliphatic carbocycles. The molecule has 1 aliphatic rings. The molecule has 98 valence electrons. The summed E-state index contributed by atoms with van der Waals surface area (Å²) in [4.78, 5) is 3.99. The van der Waals surface area contributed by atoms with Crippen LogP contribution in [-0.4, -0.2) is 10.1 Å². The molecule has 0 bridgehead atoms. The molecule has 1 fully saturated rings. The third kappa shape index (κ3) is 2.85. The third-order valence-corrected chi connectivity index (χ3v) is 4.08. The van der Waals surface area contributed by atoms with E-state index in [4.69, 9.17) is 0 Å². The first kappa shape index (κ1) is 12.4. The maximum absolute atomic E-state index is 10.3. The van der Waals surface area contributed by atoms with E-state index >= 15 is 0 Å². The van der Waals surface area contributed by atoms with Gasteiger partial charge in [-0.1, -0.05) is 30.7 Å². The summed E-state index contributed by atoms with van der Waals surface area (Å²) in [5.74, 6) is 0.756. The topological polar surface area (TPSA) is 33.1 Å². The molecule has 0 saturated heterocycles. The first-order chi connectivity index (χ1) is 9.33.